The molecule has 10 heteroatoms. The van der Waals surface area contributed by atoms with Crippen LogP contribution in [-0.4, -0.2) is 26.2 Å². The maximum atomic E-state index is 12.7. The molecule has 0 unspecified atom stereocenters. The summed E-state index contributed by atoms with van der Waals surface area (Å²) in [5.41, 5.74) is 1.16. The first kappa shape index (κ1) is 20.7. The van der Waals surface area contributed by atoms with E-state index in [0.29, 0.717) is 20.5 Å². The van der Waals surface area contributed by atoms with Gasteiger partial charge in [-0.25, -0.2) is 4.79 Å². The molecule has 1 fully saturated rings. The number of thioether (sulfide) groups is 1. The second-order valence-corrected chi connectivity index (χ2v) is 7.86. The number of amides is 1. The van der Waals surface area contributed by atoms with Crippen LogP contribution in [0.5, 0.6) is 0 Å². The average molecular weight is 447 g/mol. The van der Waals surface area contributed by atoms with Crippen molar-refractivity contribution in [1.82, 2.24) is 0 Å². The number of carbonyl (C=O) groups is 2. The molecule has 0 aliphatic carbocycles. The van der Waals surface area contributed by atoms with Crippen molar-refractivity contribution in [2.24, 2.45) is 0 Å². The molecule has 0 bridgehead atoms. The van der Waals surface area contributed by atoms with Crippen LogP contribution in [0.4, 0.5) is 11.4 Å². The van der Waals surface area contributed by atoms with Crippen molar-refractivity contribution in [3.05, 3.63) is 85.8 Å². The number of carboxylic acid groups (broad SMARTS) is 1. The molecule has 1 saturated heterocycles. The van der Waals surface area contributed by atoms with Crippen LogP contribution in [0.2, 0.25) is 0 Å². The molecule has 1 aliphatic rings. The molecule has 7 nitrogen and oxygen atoms in total. The highest BCUT2D eigenvalue weighted by molar-refractivity contribution is 8.27. The minimum Gasteiger partial charge on any atom is -0.478 e. The quantitative estimate of drug-likeness (QED) is 0.304. The fourth-order valence-corrected chi connectivity index (χ4v) is 4.05. The van der Waals surface area contributed by atoms with E-state index in [9.17, 15) is 19.7 Å². The Kier molecular flexibility index (Phi) is 6.12. The maximum absolute atomic E-state index is 12.7. The van der Waals surface area contributed by atoms with Crippen molar-refractivity contribution in [1.29, 1.82) is 0 Å². The number of non-ortho nitro benzene ring substituents is 1. The molecule has 0 aromatic heterocycles. The van der Waals surface area contributed by atoms with Crippen molar-refractivity contribution in [2.45, 2.75) is 0 Å². The predicted octanol–water partition coefficient (Wildman–Crippen LogP) is 4.82. The number of benzene rings is 2. The zero-order valence-corrected chi connectivity index (χ0v) is 16.8. The van der Waals surface area contributed by atoms with E-state index in [1.165, 1.54) is 47.4 Å². The number of carboxylic acids is 1. The number of allylic oxidation sites excluding steroid dienone is 2. The molecule has 2 aromatic rings. The second-order valence-electron chi connectivity index (χ2n) is 5.75. The van der Waals surface area contributed by atoms with Crippen molar-refractivity contribution in [3.63, 3.8) is 0 Å². The van der Waals surface area contributed by atoms with Crippen LogP contribution in [0.1, 0.15) is 15.9 Å². The molecule has 29 heavy (non-hydrogen) atoms. The standard InChI is InChI=1S/C19H11ClN2O5S2/c20-13(9-11-1-5-15(6-2-11)22(26)27)10-16-17(23)21(19(28)29-16)14-7-3-12(4-8-14)18(24)25/h1-10H,(H,24,25). The van der Waals surface area contributed by atoms with Gasteiger partial charge in [0.25, 0.3) is 11.6 Å². The Balaban J connectivity index is 1.81. The number of aromatic carboxylic acids is 1. The van der Waals surface area contributed by atoms with E-state index in [1.807, 2.05) is 0 Å². The van der Waals surface area contributed by atoms with E-state index >= 15 is 0 Å². The number of rotatable bonds is 5. The third-order valence-electron chi connectivity index (χ3n) is 3.84. The zero-order valence-electron chi connectivity index (χ0n) is 14.4. The van der Waals surface area contributed by atoms with Gasteiger partial charge in [-0.3, -0.25) is 19.8 Å². The summed E-state index contributed by atoms with van der Waals surface area (Å²) < 4.78 is 0.295. The SMILES string of the molecule is O=C(O)c1ccc(N2C(=O)C(=CC(Cl)=Cc3ccc([N+](=O)[O-])cc3)SC2=S)cc1. The number of thiocarbonyl (C=S) groups is 1. The van der Waals surface area contributed by atoms with Gasteiger partial charge in [-0.15, -0.1) is 0 Å². The van der Waals surface area contributed by atoms with Gasteiger partial charge >= 0.3 is 5.97 Å². The van der Waals surface area contributed by atoms with Gasteiger partial charge in [-0.2, -0.15) is 0 Å². The lowest BCUT2D eigenvalue weighted by molar-refractivity contribution is -0.384. The van der Waals surface area contributed by atoms with Crippen LogP contribution >= 0.6 is 35.6 Å². The molecule has 1 N–H and O–H groups in total. The molecule has 2 aromatic carbocycles. The Morgan fingerprint density at radius 3 is 2.34 bits per heavy atom. The molecular formula is C19H11ClN2O5S2. The number of nitro groups is 1. The smallest absolute Gasteiger partial charge is 0.335 e. The van der Waals surface area contributed by atoms with Crippen molar-refractivity contribution >= 4 is 69.2 Å². The number of anilines is 1. The number of hydrogen-bond acceptors (Lipinski definition) is 6. The summed E-state index contributed by atoms with van der Waals surface area (Å²) in [6.45, 7) is 0. The van der Waals surface area contributed by atoms with Gasteiger partial charge in [0.05, 0.1) is 21.1 Å². The summed E-state index contributed by atoms with van der Waals surface area (Å²) in [5, 5.41) is 19.9. The summed E-state index contributed by atoms with van der Waals surface area (Å²) in [6, 6.07) is 11.6. The largest absolute Gasteiger partial charge is 0.478 e. The maximum Gasteiger partial charge on any atom is 0.335 e. The lowest BCUT2D eigenvalue weighted by atomic mass is 10.2. The number of halogens is 1. The first-order chi connectivity index (χ1) is 13.8. The highest BCUT2D eigenvalue weighted by Crippen LogP contribution is 2.36. The Morgan fingerprint density at radius 2 is 1.79 bits per heavy atom. The van der Waals surface area contributed by atoms with Gasteiger partial charge in [0.15, 0.2) is 4.32 Å². The fraction of sp³-hybridized carbons (Fsp3) is 0. The molecule has 1 heterocycles. The molecule has 0 atom stereocenters. The van der Waals surface area contributed by atoms with Gasteiger partial charge in [0.1, 0.15) is 0 Å². The molecule has 0 radical (unpaired) electrons. The molecule has 0 spiro atoms. The predicted molar refractivity (Wildman–Crippen MR) is 116 cm³/mol. The van der Waals surface area contributed by atoms with E-state index in [4.69, 9.17) is 28.9 Å². The van der Waals surface area contributed by atoms with Crippen molar-refractivity contribution in [3.8, 4) is 0 Å². The van der Waals surface area contributed by atoms with Crippen molar-refractivity contribution < 1.29 is 19.6 Å². The average Bonchev–Trinajstić information content (AvgIpc) is 2.95. The van der Waals surface area contributed by atoms with Crippen LogP contribution in [0.15, 0.2) is 64.5 Å². The number of nitro benzene ring substituents is 1. The third kappa shape index (κ3) is 4.70. The van der Waals surface area contributed by atoms with E-state index in [0.717, 1.165) is 11.8 Å². The molecule has 3 rings (SSSR count). The van der Waals surface area contributed by atoms with Crippen LogP contribution in [0.3, 0.4) is 0 Å². The Labute approximate surface area is 179 Å². The summed E-state index contributed by atoms with van der Waals surface area (Å²) in [6.07, 6.45) is 3.04. The third-order valence-corrected chi connectivity index (χ3v) is 5.36. The number of carbonyl (C=O) groups excluding carboxylic acids is 1. The molecule has 1 aliphatic heterocycles. The minimum absolute atomic E-state index is 0.0342. The minimum atomic E-state index is -1.06. The fourth-order valence-electron chi connectivity index (χ4n) is 2.46. The second kappa shape index (κ2) is 8.56. The lowest BCUT2D eigenvalue weighted by Crippen LogP contribution is -2.27. The summed E-state index contributed by atoms with van der Waals surface area (Å²) in [5.74, 6) is -1.44. The molecule has 146 valence electrons. The summed E-state index contributed by atoms with van der Waals surface area (Å²) in [7, 11) is 0. The number of hydrogen-bond donors (Lipinski definition) is 1. The Hall–Kier alpha value is -3.01. The zero-order chi connectivity index (χ0) is 21.1. The van der Waals surface area contributed by atoms with Gasteiger partial charge in [-0.05, 0) is 54.1 Å². The van der Waals surface area contributed by atoms with Crippen LogP contribution in [-0.2, 0) is 4.79 Å². The van der Waals surface area contributed by atoms with Crippen LogP contribution in [0, 0.1) is 10.1 Å². The van der Waals surface area contributed by atoms with Gasteiger partial charge in [0.2, 0.25) is 0 Å². The Morgan fingerprint density at radius 1 is 1.17 bits per heavy atom. The number of nitrogens with zero attached hydrogens (tertiary/aromatic N) is 2. The van der Waals surface area contributed by atoms with Gasteiger partial charge < -0.3 is 5.11 Å². The first-order valence-corrected chi connectivity index (χ1v) is 9.59. The highest BCUT2D eigenvalue weighted by Gasteiger charge is 2.33. The molecule has 0 saturated carbocycles. The highest BCUT2D eigenvalue weighted by atomic mass is 35.5. The van der Waals surface area contributed by atoms with Crippen LogP contribution in [0.25, 0.3) is 6.08 Å². The first-order valence-electron chi connectivity index (χ1n) is 7.99. The van der Waals surface area contributed by atoms with Gasteiger partial charge in [0, 0.05) is 17.2 Å². The van der Waals surface area contributed by atoms with E-state index < -0.39 is 10.9 Å². The van der Waals surface area contributed by atoms with E-state index in [-0.39, 0.29) is 22.2 Å². The van der Waals surface area contributed by atoms with Crippen molar-refractivity contribution in [2.75, 3.05) is 4.90 Å². The van der Waals surface area contributed by atoms with Crippen LogP contribution < -0.4 is 4.90 Å². The van der Waals surface area contributed by atoms with E-state index in [1.54, 1.807) is 18.2 Å². The normalized spacial score (nSPS) is 15.8. The van der Waals surface area contributed by atoms with Gasteiger partial charge in [-0.1, -0.05) is 35.6 Å². The summed E-state index contributed by atoms with van der Waals surface area (Å²) >= 11 is 12.6. The lowest BCUT2D eigenvalue weighted by Gasteiger charge is -2.14. The van der Waals surface area contributed by atoms with E-state index in [2.05, 4.69) is 0 Å². The molecule has 1 amide bonds. The molecular weight excluding hydrogens is 436 g/mol. The summed E-state index contributed by atoms with van der Waals surface area (Å²) in [4.78, 5) is 35.5. The topological polar surface area (TPSA) is 101 Å². The Bertz CT molecular complexity index is 1080. The monoisotopic (exact) mass is 446 g/mol.